The maximum atomic E-state index is 13.9. The number of hydrogen-bond donors (Lipinski definition) is 1. The Morgan fingerprint density at radius 2 is 1.89 bits per heavy atom. The number of hydrogen-bond acceptors (Lipinski definition) is 2. The summed E-state index contributed by atoms with van der Waals surface area (Å²) >= 11 is 3.02. The van der Waals surface area contributed by atoms with Gasteiger partial charge in [0.05, 0.1) is 5.69 Å². The third kappa shape index (κ3) is 2.34. The molecule has 1 saturated heterocycles. The number of piperazine rings is 1. The van der Waals surface area contributed by atoms with Gasteiger partial charge in [-0.15, -0.1) is 0 Å². The molecule has 1 fully saturated rings. The first-order valence-electron chi connectivity index (χ1n) is 5.61. The summed E-state index contributed by atoms with van der Waals surface area (Å²) in [4.78, 5) is 24.9. The van der Waals surface area contributed by atoms with Crippen LogP contribution in [0.2, 0.25) is 0 Å². The van der Waals surface area contributed by atoms with Crippen molar-refractivity contribution in [1.29, 1.82) is 0 Å². The van der Waals surface area contributed by atoms with E-state index in [1.807, 2.05) is 0 Å². The van der Waals surface area contributed by atoms with Crippen molar-refractivity contribution in [1.82, 2.24) is 5.32 Å². The summed E-state index contributed by atoms with van der Waals surface area (Å²) in [6.07, 6.45) is 0. The number of benzene rings is 1. The molecule has 1 aliphatic heterocycles. The lowest BCUT2D eigenvalue weighted by Gasteiger charge is -2.36. The van der Waals surface area contributed by atoms with Crippen LogP contribution in [-0.4, -0.2) is 23.9 Å². The van der Waals surface area contributed by atoms with E-state index in [-0.39, 0.29) is 16.1 Å². The Morgan fingerprint density at radius 3 is 2.47 bits per heavy atom. The molecule has 2 amide bonds. The van der Waals surface area contributed by atoms with Crippen molar-refractivity contribution < 1.29 is 18.4 Å². The van der Waals surface area contributed by atoms with Crippen molar-refractivity contribution in [3.8, 4) is 0 Å². The van der Waals surface area contributed by atoms with Crippen LogP contribution in [0.4, 0.5) is 14.5 Å². The van der Waals surface area contributed by atoms with Gasteiger partial charge in [0.25, 0.3) is 0 Å². The summed E-state index contributed by atoms with van der Waals surface area (Å²) in [5, 5.41) is 2.49. The fraction of sp³-hybridized carbons (Fsp3) is 0.333. The molecular weight excluding hydrogens is 322 g/mol. The van der Waals surface area contributed by atoms with E-state index in [1.165, 1.54) is 13.8 Å². The molecule has 2 atom stereocenters. The molecule has 19 heavy (non-hydrogen) atoms. The van der Waals surface area contributed by atoms with Crippen molar-refractivity contribution in [2.75, 3.05) is 4.90 Å². The highest BCUT2D eigenvalue weighted by molar-refractivity contribution is 9.10. The minimum absolute atomic E-state index is 0.0899. The highest BCUT2D eigenvalue weighted by Crippen LogP contribution is 2.33. The molecule has 1 heterocycles. The monoisotopic (exact) mass is 332 g/mol. The second-order valence-electron chi connectivity index (χ2n) is 4.33. The van der Waals surface area contributed by atoms with Gasteiger partial charge in [-0.1, -0.05) is 0 Å². The van der Waals surface area contributed by atoms with Gasteiger partial charge < -0.3 is 5.32 Å². The molecule has 0 aromatic heterocycles. The Hall–Kier alpha value is -1.50. The van der Waals surface area contributed by atoms with Crippen LogP contribution in [0.3, 0.4) is 0 Å². The second kappa shape index (κ2) is 4.88. The van der Waals surface area contributed by atoms with Crippen LogP contribution < -0.4 is 10.2 Å². The van der Waals surface area contributed by atoms with Crippen LogP contribution in [-0.2, 0) is 9.59 Å². The van der Waals surface area contributed by atoms with Crippen LogP contribution >= 0.6 is 15.9 Å². The first kappa shape index (κ1) is 13.9. The highest BCUT2D eigenvalue weighted by Gasteiger charge is 2.38. The maximum Gasteiger partial charge on any atom is 0.250 e. The van der Waals surface area contributed by atoms with Crippen molar-refractivity contribution in [2.24, 2.45) is 0 Å². The fourth-order valence-electron chi connectivity index (χ4n) is 1.98. The maximum absolute atomic E-state index is 13.9. The molecule has 0 radical (unpaired) electrons. The Morgan fingerprint density at radius 1 is 1.26 bits per heavy atom. The number of halogens is 3. The second-order valence-corrected chi connectivity index (χ2v) is 5.19. The number of carbonyl (C=O) groups excluding carboxylic acids is 2. The quantitative estimate of drug-likeness (QED) is 0.854. The van der Waals surface area contributed by atoms with Crippen LogP contribution in [0.25, 0.3) is 0 Å². The van der Waals surface area contributed by atoms with E-state index < -0.39 is 29.6 Å². The van der Waals surface area contributed by atoms with Crippen LogP contribution in [0.15, 0.2) is 16.6 Å². The van der Waals surface area contributed by atoms with E-state index in [1.54, 1.807) is 0 Å². The molecule has 4 nitrogen and oxygen atoms in total. The predicted molar refractivity (Wildman–Crippen MR) is 68.6 cm³/mol. The lowest BCUT2D eigenvalue weighted by atomic mass is 10.1. The van der Waals surface area contributed by atoms with Gasteiger partial charge in [0.2, 0.25) is 11.8 Å². The number of rotatable bonds is 1. The summed E-state index contributed by atoms with van der Waals surface area (Å²) in [5.41, 5.74) is -0.124. The Labute approximate surface area is 116 Å². The van der Waals surface area contributed by atoms with Gasteiger partial charge in [-0.2, -0.15) is 0 Å². The molecule has 0 bridgehead atoms. The van der Waals surface area contributed by atoms with E-state index in [0.29, 0.717) is 6.07 Å². The molecule has 1 N–H and O–H groups in total. The lowest BCUT2D eigenvalue weighted by Crippen LogP contribution is -2.62. The summed E-state index contributed by atoms with van der Waals surface area (Å²) in [7, 11) is 0. The molecule has 0 saturated carbocycles. The smallest absolute Gasteiger partial charge is 0.250 e. The van der Waals surface area contributed by atoms with Crippen LogP contribution in [0, 0.1) is 11.6 Å². The number of amides is 2. The summed E-state index contributed by atoms with van der Waals surface area (Å²) in [5.74, 6) is -2.49. The minimum Gasteiger partial charge on any atom is -0.343 e. The number of anilines is 1. The Bertz CT molecular complexity index is 542. The van der Waals surface area contributed by atoms with E-state index >= 15 is 0 Å². The zero-order valence-electron chi connectivity index (χ0n) is 10.2. The normalized spacial score (nSPS) is 23.5. The van der Waals surface area contributed by atoms with Gasteiger partial charge in [0.1, 0.15) is 17.9 Å². The van der Waals surface area contributed by atoms with Crippen LogP contribution in [0.5, 0.6) is 0 Å². The van der Waals surface area contributed by atoms with Crippen molar-refractivity contribution in [2.45, 2.75) is 25.9 Å². The summed E-state index contributed by atoms with van der Waals surface area (Å²) in [6, 6.07) is 0.118. The molecule has 1 aromatic rings. The topological polar surface area (TPSA) is 49.4 Å². The van der Waals surface area contributed by atoms with E-state index in [0.717, 1.165) is 11.0 Å². The van der Waals surface area contributed by atoms with Crippen molar-refractivity contribution in [3.63, 3.8) is 0 Å². The van der Waals surface area contributed by atoms with Crippen molar-refractivity contribution in [3.05, 3.63) is 28.2 Å². The van der Waals surface area contributed by atoms with Gasteiger partial charge >= 0.3 is 0 Å². The Balaban J connectivity index is 2.56. The third-order valence-corrected chi connectivity index (χ3v) is 3.56. The molecule has 102 valence electrons. The first-order chi connectivity index (χ1) is 8.82. The van der Waals surface area contributed by atoms with Gasteiger partial charge in [-0.05, 0) is 35.8 Å². The minimum atomic E-state index is -0.894. The molecule has 0 spiro atoms. The summed E-state index contributed by atoms with van der Waals surface area (Å²) < 4.78 is 27.1. The average Bonchev–Trinajstić information content (AvgIpc) is 2.30. The van der Waals surface area contributed by atoms with Gasteiger partial charge in [0, 0.05) is 10.5 Å². The zero-order chi connectivity index (χ0) is 14.3. The number of carbonyl (C=O) groups is 2. The van der Waals surface area contributed by atoms with Gasteiger partial charge in [0.15, 0.2) is 5.82 Å². The average molecular weight is 333 g/mol. The molecule has 2 unspecified atom stereocenters. The highest BCUT2D eigenvalue weighted by atomic mass is 79.9. The molecule has 1 aromatic carbocycles. The van der Waals surface area contributed by atoms with E-state index in [2.05, 4.69) is 21.2 Å². The Kier molecular flexibility index (Phi) is 3.58. The lowest BCUT2D eigenvalue weighted by molar-refractivity contribution is -0.133. The molecule has 0 aliphatic carbocycles. The molecule has 7 heteroatoms. The van der Waals surface area contributed by atoms with E-state index in [4.69, 9.17) is 0 Å². The van der Waals surface area contributed by atoms with Gasteiger partial charge in [-0.25, -0.2) is 8.78 Å². The number of nitrogens with zero attached hydrogens (tertiary/aromatic N) is 1. The predicted octanol–water partition coefficient (Wildman–Crippen LogP) is 1.97. The number of nitrogens with one attached hydrogen (secondary N) is 1. The largest absolute Gasteiger partial charge is 0.343 e. The first-order valence-corrected chi connectivity index (χ1v) is 6.40. The fourth-order valence-corrected chi connectivity index (χ4v) is 2.58. The SMILES string of the molecule is CC1NC(=O)C(C)N(c2c(F)cc(F)cc2Br)C1=O. The van der Waals surface area contributed by atoms with Crippen molar-refractivity contribution >= 4 is 33.4 Å². The van der Waals surface area contributed by atoms with E-state index in [9.17, 15) is 18.4 Å². The zero-order valence-corrected chi connectivity index (χ0v) is 11.8. The van der Waals surface area contributed by atoms with Gasteiger partial charge in [-0.3, -0.25) is 14.5 Å². The third-order valence-electron chi connectivity index (χ3n) is 2.96. The molecular formula is C12H11BrF2N2O2. The van der Waals surface area contributed by atoms with Crippen LogP contribution in [0.1, 0.15) is 13.8 Å². The molecule has 2 rings (SSSR count). The summed E-state index contributed by atoms with van der Waals surface area (Å²) in [6.45, 7) is 2.99. The molecule has 1 aliphatic rings. The standard InChI is InChI=1S/C12H11BrF2N2O2/c1-5-12(19)17(6(2)11(18)16-5)10-8(13)3-7(14)4-9(10)15/h3-6H,1-2H3,(H,16,18).